The highest BCUT2D eigenvalue weighted by Crippen LogP contribution is 2.11. The van der Waals surface area contributed by atoms with Crippen molar-refractivity contribution in [3.05, 3.63) is 62.2 Å². The summed E-state index contributed by atoms with van der Waals surface area (Å²) in [6.45, 7) is 2.07. The topological polar surface area (TPSA) is 85.3 Å². The van der Waals surface area contributed by atoms with E-state index >= 15 is 0 Å². The van der Waals surface area contributed by atoms with Crippen molar-refractivity contribution in [1.82, 2.24) is 4.57 Å². The van der Waals surface area contributed by atoms with Crippen molar-refractivity contribution in [2.75, 3.05) is 5.73 Å². The van der Waals surface area contributed by atoms with Crippen molar-refractivity contribution in [3.8, 4) is 0 Å². The minimum atomic E-state index is -1.37. The van der Waals surface area contributed by atoms with Crippen molar-refractivity contribution in [2.24, 2.45) is 7.05 Å². The van der Waals surface area contributed by atoms with E-state index in [1.807, 2.05) is 12.1 Å². The monoisotopic (exact) mass is 356 g/mol. The van der Waals surface area contributed by atoms with Crippen LogP contribution in [0.15, 0.2) is 39.7 Å². The number of carbonyl (C=O) groups is 1. The van der Waals surface area contributed by atoms with Gasteiger partial charge in [0.15, 0.2) is 0 Å². The van der Waals surface area contributed by atoms with E-state index in [1.165, 1.54) is 12.6 Å². The maximum absolute atomic E-state index is 12.9. The van der Waals surface area contributed by atoms with Gasteiger partial charge in [-0.15, -0.1) is 0 Å². The van der Waals surface area contributed by atoms with Crippen LogP contribution in [0.1, 0.15) is 15.9 Å². The standard InChI is InChI=1S/C7H7Br.C7H7FN2O3/c1-6-3-2-4-7(8)5-6;1-10-2-3(7(12)13)5(9)4(8)6(10)11/h2-5H,1H3;2H,9H2,1H3,(H,12,13). The Morgan fingerprint density at radius 2 is 2.05 bits per heavy atom. The number of hydrogen-bond acceptors (Lipinski definition) is 3. The van der Waals surface area contributed by atoms with Crippen molar-refractivity contribution < 1.29 is 14.3 Å². The molecule has 0 radical (unpaired) electrons. The van der Waals surface area contributed by atoms with Crippen LogP contribution in [0.2, 0.25) is 0 Å². The number of halogens is 2. The Labute approximate surface area is 129 Å². The molecule has 2 rings (SSSR count). The first-order chi connectivity index (χ1) is 9.73. The van der Waals surface area contributed by atoms with Crippen LogP contribution in [-0.4, -0.2) is 15.6 Å². The molecule has 0 saturated carbocycles. The summed E-state index contributed by atoms with van der Waals surface area (Å²) in [7, 11) is 1.25. The fourth-order valence-corrected chi connectivity index (χ4v) is 2.00. The van der Waals surface area contributed by atoms with Gasteiger partial charge in [0.25, 0.3) is 5.56 Å². The minimum Gasteiger partial charge on any atom is -0.478 e. The Kier molecular flexibility index (Phi) is 5.66. The molecule has 2 aromatic rings. The van der Waals surface area contributed by atoms with Gasteiger partial charge in [-0.2, -0.15) is 4.39 Å². The summed E-state index contributed by atoms with van der Waals surface area (Å²) in [4.78, 5) is 21.4. The van der Waals surface area contributed by atoms with E-state index in [-0.39, 0.29) is 0 Å². The molecule has 0 aliphatic carbocycles. The lowest BCUT2D eigenvalue weighted by molar-refractivity contribution is 0.0696. The fourth-order valence-electron chi connectivity index (χ4n) is 1.49. The van der Waals surface area contributed by atoms with Gasteiger partial charge in [0.05, 0.1) is 5.69 Å². The van der Waals surface area contributed by atoms with Gasteiger partial charge in [0, 0.05) is 17.7 Å². The SMILES string of the molecule is Cc1cccc(Br)c1.Cn1cc(C(=O)O)c(N)c(F)c1=O. The molecule has 0 saturated heterocycles. The molecule has 7 heteroatoms. The van der Waals surface area contributed by atoms with Crippen molar-refractivity contribution in [1.29, 1.82) is 0 Å². The number of nitrogens with two attached hydrogens (primary N) is 1. The van der Waals surface area contributed by atoms with Gasteiger partial charge in [-0.3, -0.25) is 4.79 Å². The number of anilines is 1. The Morgan fingerprint density at radius 3 is 2.48 bits per heavy atom. The molecule has 0 bridgehead atoms. The van der Waals surface area contributed by atoms with Crippen LogP contribution >= 0.6 is 15.9 Å². The molecule has 0 unspecified atom stereocenters. The number of carboxylic acids is 1. The molecular formula is C14H14BrFN2O3. The molecule has 112 valence electrons. The number of hydrogen-bond donors (Lipinski definition) is 2. The highest BCUT2D eigenvalue weighted by molar-refractivity contribution is 9.10. The number of aryl methyl sites for hydroxylation is 2. The van der Waals surface area contributed by atoms with Gasteiger partial charge in [-0.25, -0.2) is 4.79 Å². The summed E-state index contributed by atoms with van der Waals surface area (Å²) >= 11 is 3.36. The highest BCUT2D eigenvalue weighted by Gasteiger charge is 2.15. The van der Waals surface area contributed by atoms with Gasteiger partial charge in [-0.05, 0) is 19.1 Å². The zero-order chi connectivity index (χ0) is 16.2. The van der Waals surface area contributed by atoms with Gasteiger partial charge < -0.3 is 15.4 Å². The lowest BCUT2D eigenvalue weighted by atomic mass is 10.2. The van der Waals surface area contributed by atoms with Gasteiger partial charge >= 0.3 is 5.97 Å². The predicted molar refractivity (Wildman–Crippen MR) is 81.9 cm³/mol. The first-order valence-electron chi connectivity index (χ1n) is 5.84. The maximum Gasteiger partial charge on any atom is 0.339 e. The Hall–Kier alpha value is -2.15. The molecule has 3 N–H and O–H groups in total. The van der Waals surface area contributed by atoms with Gasteiger partial charge in [-0.1, -0.05) is 33.6 Å². The van der Waals surface area contributed by atoms with Crippen LogP contribution in [0.5, 0.6) is 0 Å². The molecular weight excluding hydrogens is 343 g/mol. The molecule has 0 fully saturated rings. The lowest BCUT2D eigenvalue weighted by Crippen LogP contribution is -2.24. The quantitative estimate of drug-likeness (QED) is 0.822. The van der Waals surface area contributed by atoms with Crippen molar-refractivity contribution in [2.45, 2.75) is 6.92 Å². The highest BCUT2D eigenvalue weighted by atomic mass is 79.9. The van der Waals surface area contributed by atoms with E-state index in [4.69, 9.17) is 10.8 Å². The summed E-state index contributed by atoms with van der Waals surface area (Å²) < 4.78 is 14.9. The summed E-state index contributed by atoms with van der Waals surface area (Å²) in [5, 5.41) is 8.54. The smallest absolute Gasteiger partial charge is 0.339 e. The molecule has 21 heavy (non-hydrogen) atoms. The molecule has 1 aromatic carbocycles. The second-order valence-electron chi connectivity index (χ2n) is 4.29. The summed E-state index contributed by atoms with van der Waals surface area (Å²) in [6, 6.07) is 8.21. The first-order valence-corrected chi connectivity index (χ1v) is 6.63. The second kappa shape index (κ2) is 7.03. The van der Waals surface area contributed by atoms with Crippen LogP contribution in [0.25, 0.3) is 0 Å². The number of carboxylic acid groups (broad SMARTS) is 1. The first kappa shape index (κ1) is 16.9. The molecule has 1 heterocycles. The van der Waals surface area contributed by atoms with Crippen LogP contribution in [0.4, 0.5) is 10.1 Å². The second-order valence-corrected chi connectivity index (χ2v) is 5.21. The van der Waals surface area contributed by atoms with E-state index in [0.29, 0.717) is 0 Å². The van der Waals surface area contributed by atoms with E-state index in [2.05, 4.69) is 35.0 Å². The van der Waals surface area contributed by atoms with Crippen molar-refractivity contribution in [3.63, 3.8) is 0 Å². The number of aromatic carboxylic acids is 1. The number of benzene rings is 1. The fraction of sp³-hybridized carbons (Fsp3) is 0.143. The van der Waals surface area contributed by atoms with Crippen LogP contribution in [0, 0.1) is 12.7 Å². The number of aromatic nitrogens is 1. The Morgan fingerprint density at radius 1 is 1.43 bits per heavy atom. The van der Waals surface area contributed by atoms with Crippen LogP contribution in [0.3, 0.4) is 0 Å². The molecule has 0 aliphatic heterocycles. The van der Waals surface area contributed by atoms with Gasteiger partial charge in [0.2, 0.25) is 5.82 Å². The average Bonchev–Trinajstić information content (AvgIpc) is 2.40. The van der Waals surface area contributed by atoms with Crippen LogP contribution in [-0.2, 0) is 7.05 Å². The number of nitrogen functional groups attached to an aromatic ring is 1. The number of pyridine rings is 1. The molecule has 0 spiro atoms. The Bertz CT molecular complexity index is 711. The lowest BCUT2D eigenvalue weighted by Gasteiger charge is -2.04. The molecule has 0 aliphatic rings. The zero-order valence-corrected chi connectivity index (χ0v) is 13.0. The van der Waals surface area contributed by atoms with E-state index < -0.39 is 28.6 Å². The van der Waals surface area contributed by atoms with E-state index in [1.54, 1.807) is 0 Å². The third-order valence-corrected chi connectivity index (χ3v) is 3.06. The third-order valence-electron chi connectivity index (χ3n) is 2.57. The van der Waals surface area contributed by atoms with E-state index in [9.17, 15) is 14.0 Å². The van der Waals surface area contributed by atoms with Gasteiger partial charge in [0.1, 0.15) is 5.56 Å². The summed E-state index contributed by atoms with van der Waals surface area (Å²) in [6.07, 6.45) is 0.975. The summed E-state index contributed by atoms with van der Waals surface area (Å²) in [5.41, 5.74) is 4.39. The van der Waals surface area contributed by atoms with Crippen LogP contribution < -0.4 is 11.3 Å². The van der Waals surface area contributed by atoms with E-state index in [0.717, 1.165) is 15.2 Å². The number of nitrogens with zero attached hydrogens (tertiary/aromatic N) is 1. The summed E-state index contributed by atoms with van der Waals surface area (Å²) in [5.74, 6) is -2.60. The minimum absolute atomic E-state index is 0.417. The normalized spacial score (nSPS) is 9.71. The predicted octanol–water partition coefficient (Wildman–Crippen LogP) is 2.56. The average molecular weight is 357 g/mol. The maximum atomic E-state index is 12.9. The Balaban J connectivity index is 0.000000235. The molecule has 0 atom stereocenters. The molecule has 0 amide bonds. The van der Waals surface area contributed by atoms with Crippen molar-refractivity contribution >= 4 is 27.6 Å². The molecule has 1 aromatic heterocycles. The zero-order valence-electron chi connectivity index (χ0n) is 11.4. The third kappa shape index (κ3) is 4.42. The molecule has 5 nitrogen and oxygen atoms in total. The largest absolute Gasteiger partial charge is 0.478 e. The number of rotatable bonds is 1.